The lowest BCUT2D eigenvalue weighted by molar-refractivity contribution is 1.18. The molecule has 208 valence electrons. The molecular formula is C42H30N2. The topological polar surface area (TPSA) is 17.8 Å². The summed E-state index contributed by atoms with van der Waals surface area (Å²) in [4.78, 5) is 4.22. The lowest BCUT2D eigenvalue weighted by Gasteiger charge is -2.17. The molecule has 0 unspecified atom stereocenters. The molecule has 0 amide bonds. The van der Waals surface area contributed by atoms with Crippen molar-refractivity contribution in [3.05, 3.63) is 170 Å². The van der Waals surface area contributed by atoms with Gasteiger partial charge in [0.2, 0.25) is 0 Å². The Morgan fingerprint density at radius 3 is 1.86 bits per heavy atom. The molecule has 8 aromatic rings. The molecule has 6 aromatic carbocycles. The molecule has 0 radical (unpaired) electrons. The molecule has 44 heavy (non-hydrogen) atoms. The van der Waals surface area contributed by atoms with Crippen LogP contribution < -0.4 is 0 Å². The van der Waals surface area contributed by atoms with Crippen LogP contribution in [0.4, 0.5) is 0 Å². The maximum absolute atomic E-state index is 4.22. The Kier molecular flexibility index (Phi) is 6.39. The number of benzene rings is 6. The molecule has 0 N–H and O–H groups in total. The largest absolute Gasteiger partial charge is 0.309 e. The van der Waals surface area contributed by atoms with Gasteiger partial charge >= 0.3 is 0 Å². The van der Waals surface area contributed by atoms with Crippen molar-refractivity contribution in [2.24, 2.45) is 0 Å². The smallest absolute Gasteiger partial charge is 0.0541 e. The van der Waals surface area contributed by atoms with Crippen molar-refractivity contribution >= 4 is 21.8 Å². The third kappa shape index (κ3) is 4.49. The van der Waals surface area contributed by atoms with Crippen LogP contribution in [-0.4, -0.2) is 9.55 Å². The fourth-order valence-electron chi connectivity index (χ4n) is 6.48. The van der Waals surface area contributed by atoms with Crippen molar-refractivity contribution in [2.45, 2.75) is 6.92 Å². The van der Waals surface area contributed by atoms with E-state index in [1.807, 2.05) is 12.4 Å². The molecule has 2 heterocycles. The summed E-state index contributed by atoms with van der Waals surface area (Å²) in [5, 5.41) is 2.57. The fourth-order valence-corrected chi connectivity index (χ4v) is 6.48. The number of fused-ring (bicyclic) bond motifs is 3. The van der Waals surface area contributed by atoms with Gasteiger partial charge in [0.15, 0.2) is 0 Å². The summed E-state index contributed by atoms with van der Waals surface area (Å²) in [6.45, 7) is 2.16. The molecule has 0 spiro atoms. The molecule has 0 fully saturated rings. The average Bonchev–Trinajstić information content (AvgIpc) is 3.42. The zero-order valence-electron chi connectivity index (χ0n) is 24.5. The molecule has 0 atom stereocenters. The first-order valence-corrected chi connectivity index (χ1v) is 15.0. The van der Waals surface area contributed by atoms with Crippen LogP contribution in [-0.2, 0) is 0 Å². The highest BCUT2D eigenvalue weighted by Gasteiger charge is 2.16. The second-order valence-electron chi connectivity index (χ2n) is 11.3. The van der Waals surface area contributed by atoms with E-state index in [-0.39, 0.29) is 0 Å². The van der Waals surface area contributed by atoms with E-state index >= 15 is 0 Å². The molecule has 0 aliphatic heterocycles. The summed E-state index contributed by atoms with van der Waals surface area (Å²) >= 11 is 0. The van der Waals surface area contributed by atoms with Gasteiger partial charge in [-0.1, -0.05) is 109 Å². The molecule has 2 heteroatoms. The van der Waals surface area contributed by atoms with Crippen molar-refractivity contribution < 1.29 is 0 Å². The van der Waals surface area contributed by atoms with Crippen LogP contribution in [0.3, 0.4) is 0 Å². The molecule has 8 rings (SSSR count). The quantitative estimate of drug-likeness (QED) is 0.204. The van der Waals surface area contributed by atoms with Gasteiger partial charge in [-0.3, -0.25) is 4.98 Å². The van der Waals surface area contributed by atoms with Crippen LogP contribution in [0.25, 0.3) is 72.0 Å². The van der Waals surface area contributed by atoms with Gasteiger partial charge in [-0.25, -0.2) is 0 Å². The highest BCUT2D eigenvalue weighted by molar-refractivity contribution is 6.09. The van der Waals surface area contributed by atoms with Crippen LogP contribution in [0.2, 0.25) is 0 Å². The van der Waals surface area contributed by atoms with E-state index in [9.17, 15) is 0 Å². The molecule has 0 bridgehead atoms. The highest BCUT2D eigenvalue weighted by atomic mass is 15.0. The summed E-state index contributed by atoms with van der Waals surface area (Å²) < 4.78 is 2.38. The van der Waals surface area contributed by atoms with E-state index in [1.165, 1.54) is 66.3 Å². The third-order valence-corrected chi connectivity index (χ3v) is 8.60. The molecule has 0 aliphatic rings. The van der Waals surface area contributed by atoms with E-state index in [4.69, 9.17) is 0 Å². The number of aromatic nitrogens is 2. The number of aryl methyl sites for hydroxylation is 1. The zero-order chi connectivity index (χ0) is 29.5. The second-order valence-corrected chi connectivity index (χ2v) is 11.3. The predicted molar refractivity (Wildman–Crippen MR) is 185 cm³/mol. The summed E-state index contributed by atoms with van der Waals surface area (Å²) in [5.74, 6) is 0. The number of hydrogen-bond donors (Lipinski definition) is 0. The molecule has 0 saturated carbocycles. The Balaban J connectivity index is 1.26. The first-order chi connectivity index (χ1) is 21.7. The lowest BCUT2D eigenvalue weighted by Crippen LogP contribution is -1.94. The minimum Gasteiger partial charge on any atom is -0.309 e. The summed E-state index contributed by atoms with van der Waals surface area (Å²) in [6.07, 6.45) is 3.70. The van der Waals surface area contributed by atoms with Crippen LogP contribution in [0, 0.1) is 6.92 Å². The third-order valence-electron chi connectivity index (χ3n) is 8.60. The number of pyridine rings is 1. The normalized spacial score (nSPS) is 11.3. The Morgan fingerprint density at radius 1 is 0.409 bits per heavy atom. The maximum atomic E-state index is 4.22. The minimum absolute atomic E-state index is 1.16. The van der Waals surface area contributed by atoms with E-state index in [0.29, 0.717) is 0 Å². The van der Waals surface area contributed by atoms with Gasteiger partial charge in [-0.05, 0) is 100.0 Å². The first-order valence-electron chi connectivity index (χ1n) is 15.0. The number of nitrogens with zero attached hydrogens (tertiary/aromatic N) is 2. The van der Waals surface area contributed by atoms with E-state index < -0.39 is 0 Å². The predicted octanol–water partition coefficient (Wildman–Crippen LogP) is 11.2. The second kappa shape index (κ2) is 10.8. The minimum atomic E-state index is 1.16. The number of para-hydroxylation sites is 1. The average molecular weight is 563 g/mol. The Morgan fingerprint density at radius 2 is 1.05 bits per heavy atom. The van der Waals surface area contributed by atoms with Crippen LogP contribution in [0.5, 0.6) is 0 Å². The van der Waals surface area contributed by atoms with Gasteiger partial charge in [0.05, 0.1) is 11.0 Å². The molecule has 2 nitrogen and oxygen atoms in total. The van der Waals surface area contributed by atoms with E-state index in [2.05, 4.69) is 168 Å². The summed E-state index contributed by atoms with van der Waals surface area (Å²) in [7, 11) is 0. The van der Waals surface area contributed by atoms with Crippen LogP contribution in [0.15, 0.2) is 164 Å². The molecule has 0 aliphatic carbocycles. The molecular weight excluding hydrogens is 532 g/mol. The van der Waals surface area contributed by atoms with Crippen molar-refractivity contribution in [3.8, 4) is 50.2 Å². The van der Waals surface area contributed by atoms with Crippen molar-refractivity contribution in [3.63, 3.8) is 0 Å². The maximum Gasteiger partial charge on any atom is 0.0541 e. The fraction of sp³-hybridized carbons (Fsp3) is 0.0238. The Labute approximate surface area is 257 Å². The van der Waals surface area contributed by atoms with E-state index in [1.54, 1.807) is 0 Å². The highest BCUT2D eigenvalue weighted by Crippen LogP contribution is 2.41. The number of rotatable bonds is 5. The monoisotopic (exact) mass is 562 g/mol. The lowest BCUT2D eigenvalue weighted by atomic mass is 9.87. The summed E-state index contributed by atoms with van der Waals surface area (Å²) in [5.41, 5.74) is 14.5. The van der Waals surface area contributed by atoms with Gasteiger partial charge < -0.3 is 4.57 Å². The SMILES string of the molecule is Cc1ccc2c(c1)c1ccccc1n2-c1ccc(-c2ccccc2-c2ccc(-c3ccncc3)cc2-c2ccccc2)cc1. The van der Waals surface area contributed by atoms with Gasteiger partial charge in [0.1, 0.15) is 0 Å². The van der Waals surface area contributed by atoms with Crippen LogP contribution in [0.1, 0.15) is 5.56 Å². The van der Waals surface area contributed by atoms with Gasteiger partial charge in [0.25, 0.3) is 0 Å². The van der Waals surface area contributed by atoms with Crippen LogP contribution >= 0.6 is 0 Å². The molecule has 2 aromatic heterocycles. The van der Waals surface area contributed by atoms with Crippen molar-refractivity contribution in [2.75, 3.05) is 0 Å². The van der Waals surface area contributed by atoms with Gasteiger partial charge in [-0.2, -0.15) is 0 Å². The standard InChI is InChI=1S/C42H30N2/c1-29-15-22-42-40(27-29)38-13-7-8-14-41(38)44(42)34-19-16-32(17-20-34)35-11-5-6-12-36(35)37-21-18-33(30-23-25-43-26-24-30)28-39(37)31-9-3-2-4-10-31/h2-28H,1H3. The van der Waals surface area contributed by atoms with Crippen molar-refractivity contribution in [1.29, 1.82) is 0 Å². The van der Waals surface area contributed by atoms with Crippen molar-refractivity contribution in [1.82, 2.24) is 9.55 Å². The molecule has 0 saturated heterocycles. The van der Waals surface area contributed by atoms with E-state index in [0.717, 1.165) is 11.3 Å². The Bertz CT molecular complexity index is 2260. The summed E-state index contributed by atoms with van der Waals surface area (Å²) in [6, 6.07) is 54.8. The zero-order valence-corrected chi connectivity index (χ0v) is 24.5. The number of hydrogen-bond acceptors (Lipinski definition) is 1. The van der Waals surface area contributed by atoms with Gasteiger partial charge in [-0.15, -0.1) is 0 Å². The Hall–Kier alpha value is -5.73. The van der Waals surface area contributed by atoms with Gasteiger partial charge in [0, 0.05) is 28.9 Å². The first kappa shape index (κ1) is 25.9.